The van der Waals surface area contributed by atoms with E-state index >= 15 is 0 Å². The maximum absolute atomic E-state index is 12.2. The number of hydrogen-bond acceptors (Lipinski definition) is 7. The summed E-state index contributed by atoms with van der Waals surface area (Å²) in [6, 6.07) is 17.3. The van der Waals surface area contributed by atoms with E-state index in [4.69, 9.17) is 14.6 Å². The lowest BCUT2D eigenvalue weighted by Gasteiger charge is -2.33. The highest BCUT2D eigenvalue weighted by atomic mass is 16.6. The Kier molecular flexibility index (Phi) is 9.80. The van der Waals surface area contributed by atoms with Crippen LogP contribution in [-0.4, -0.2) is 47.7 Å². The number of amides is 3. The van der Waals surface area contributed by atoms with E-state index < -0.39 is 30.1 Å². The molecule has 1 aliphatic rings. The Hall–Kier alpha value is -4.41. The van der Waals surface area contributed by atoms with Crippen LogP contribution in [0.2, 0.25) is 0 Å². The van der Waals surface area contributed by atoms with E-state index in [1.54, 1.807) is 24.3 Å². The third kappa shape index (κ3) is 8.42. The molecule has 1 heterocycles. The Labute approximate surface area is 207 Å². The van der Waals surface area contributed by atoms with Crippen molar-refractivity contribution < 1.29 is 33.8 Å². The van der Waals surface area contributed by atoms with Gasteiger partial charge in [0.25, 0.3) is 0 Å². The Bertz CT molecular complexity index is 1020. The van der Waals surface area contributed by atoms with E-state index in [1.165, 1.54) is 0 Å². The van der Waals surface area contributed by atoms with Gasteiger partial charge in [0, 0.05) is 6.54 Å². The number of carboxylic acids is 1. The summed E-state index contributed by atoms with van der Waals surface area (Å²) < 4.78 is 10.3. The van der Waals surface area contributed by atoms with Gasteiger partial charge >= 0.3 is 18.2 Å². The van der Waals surface area contributed by atoms with Gasteiger partial charge < -0.3 is 19.9 Å². The van der Waals surface area contributed by atoms with Crippen molar-refractivity contribution in [1.29, 1.82) is 0 Å². The molecule has 0 bridgehead atoms. The molecule has 1 fully saturated rings. The van der Waals surface area contributed by atoms with Crippen molar-refractivity contribution in [3.63, 3.8) is 0 Å². The average molecular weight is 497 g/mol. The first-order valence-electron chi connectivity index (χ1n) is 11.5. The summed E-state index contributed by atoms with van der Waals surface area (Å²) in [7, 11) is 0. The number of β-lactam (4-membered cyclic amide) rings is 1. The molecule has 1 aliphatic heterocycles. The normalized spacial score (nSPS) is 16.1. The van der Waals surface area contributed by atoms with E-state index in [2.05, 4.69) is 20.9 Å². The summed E-state index contributed by atoms with van der Waals surface area (Å²) in [5.41, 5.74) is 1.59. The minimum atomic E-state index is -1.06. The quantitative estimate of drug-likeness (QED) is 0.170. The number of ether oxygens (including phenoxy) is 2. The van der Waals surface area contributed by atoms with Crippen LogP contribution < -0.4 is 16.0 Å². The second kappa shape index (κ2) is 13.5. The van der Waals surface area contributed by atoms with Crippen molar-refractivity contribution in [2.45, 2.75) is 38.5 Å². The van der Waals surface area contributed by atoms with Crippen LogP contribution in [0.4, 0.5) is 9.59 Å². The monoisotopic (exact) mass is 496 g/mol. The number of unbranched alkanes of at least 4 members (excludes halogenated alkanes) is 1. The van der Waals surface area contributed by atoms with E-state index in [0.717, 1.165) is 11.1 Å². The largest absolute Gasteiger partial charge is 0.480 e. The van der Waals surface area contributed by atoms with Crippen LogP contribution in [0.5, 0.6) is 0 Å². The molecule has 190 valence electrons. The number of nitrogens with zero attached hydrogens (tertiary/aromatic N) is 1. The van der Waals surface area contributed by atoms with E-state index in [9.17, 15) is 19.2 Å². The zero-order valence-electron chi connectivity index (χ0n) is 19.5. The summed E-state index contributed by atoms with van der Waals surface area (Å²) in [5, 5.41) is 16.2. The maximum Gasteiger partial charge on any atom is 0.414 e. The zero-order chi connectivity index (χ0) is 25.8. The fraction of sp³-hybridized carbons (Fsp3) is 0.320. The second-order valence-corrected chi connectivity index (χ2v) is 8.03. The van der Waals surface area contributed by atoms with Crippen molar-refractivity contribution >= 4 is 30.0 Å². The van der Waals surface area contributed by atoms with E-state index in [1.807, 2.05) is 36.4 Å². The van der Waals surface area contributed by atoms with Gasteiger partial charge in [0.05, 0.1) is 5.92 Å². The van der Waals surface area contributed by atoms with Gasteiger partial charge in [0.1, 0.15) is 19.3 Å². The minimum Gasteiger partial charge on any atom is -0.480 e. The number of carboxylic acid groups (broad SMARTS) is 1. The molecule has 0 aromatic heterocycles. The highest BCUT2D eigenvalue weighted by Crippen LogP contribution is 2.21. The van der Waals surface area contributed by atoms with Crippen molar-refractivity contribution in [2.75, 3.05) is 6.54 Å². The van der Waals surface area contributed by atoms with Gasteiger partial charge in [-0.25, -0.2) is 14.4 Å². The predicted molar refractivity (Wildman–Crippen MR) is 129 cm³/mol. The lowest BCUT2D eigenvalue weighted by molar-refractivity contribution is -0.153. The number of rotatable bonds is 10. The molecular formula is C25H28N4O7. The van der Waals surface area contributed by atoms with Crippen molar-refractivity contribution in [1.82, 2.24) is 16.0 Å². The summed E-state index contributed by atoms with van der Waals surface area (Å²) in [6.07, 6.45) is -0.184. The molecule has 4 N–H and O–H groups in total. The Balaban J connectivity index is 1.50. The van der Waals surface area contributed by atoms with Crippen LogP contribution >= 0.6 is 0 Å². The molecule has 2 atom stereocenters. The van der Waals surface area contributed by atoms with Crippen LogP contribution in [0.25, 0.3) is 0 Å². The van der Waals surface area contributed by atoms with Crippen molar-refractivity contribution in [2.24, 2.45) is 10.9 Å². The minimum absolute atomic E-state index is 0.0343. The lowest BCUT2D eigenvalue weighted by atomic mass is 9.86. The van der Waals surface area contributed by atoms with Gasteiger partial charge in [-0.15, -0.1) is 0 Å². The first-order valence-corrected chi connectivity index (χ1v) is 11.5. The zero-order valence-corrected chi connectivity index (χ0v) is 19.5. The number of guanidine groups is 1. The number of carbonyl (C=O) groups is 4. The molecule has 0 spiro atoms. The molecule has 2 aromatic rings. The number of carbonyl (C=O) groups excluding carboxylic acids is 3. The first-order chi connectivity index (χ1) is 17.4. The number of alkyl carbamates (subject to hydrolysis) is 2. The lowest BCUT2D eigenvalue weighted by Crippen LogP contribution is -2.61. The maximum atomic E-state index is 12.2. The average Bonchev–Trinajstić information content (AvgIpc) is 2.87. The Morgan fingerprint density at radius 2 is 1.39 bits per heavy atom. The summed E-state index contributed by atoms with van der Waals surface area (Å²) in [4.78, 5) is 51.3. The van der Waals surface area contributed by atoms with Crippen LogP contribution in [0.3, 0.4) is 0 Å². The van der Waals surface area contributed by atoms with Gasteiger partial charge in [0.15, 0.2) is 0 Å². The SMILES string of the molecule is O=C(NC(=NCCCCC1C(=O)NC1C(=O)O)NC(=O)OCc1ccccc1)OCc1ccccc1. The molecule has 3 amide bonds. The smallest absolute Gasteiger partial charge is 0.414 e. The third-order valence-corrected chi connectivity index (χ3v) is 5.36. The predicted octanol–water partition coefficient (Wildman–Crippen LogP) is 2.56. The van der Waals surface area contributed by atoms with Crippen LogP contribution in [0, 0.1) is 5.92 Å². The number of aliphatic carboxylic acids is 1. The van der Waals surface area contributed by atoms with Gasteiger partial charge in [0.2, 0.25) is 11.9 Å². The molecule has 11 nitrogen and oxygen atoms in total. The van der Waals surface area contributed by atoms with Gasteiger partial charge in [-0.2, -0.15) is 0 Å². The first kappa shape index (κ1) is 26.2. The second-order valence-electron chi connectivity index (χ2n) is 8.03. The highest BCUT2D eigenvalue weighted by Gasteiger charge is 2.43. The number of hydrogen-bond donors (Lipinski definition) is 4. The van der Waals surface area contributed by atoms with E-state index in [-0.39, 0.29) is 31.6 Å². The van der Waals surface area contributed by atoms with Gasteiger partial charge in [-0.3, -0.25) is 20.4 Å². The molecule has 0 aliphatic carbocycles. The van der Waals surface area contributed by atoms with Crippen LogP contribution in [0.1, 0.15) is 30.4 Å². The van der Waals surface area contributed by atoms with Crippen molar-refractivity contribution in [3.8, 4) is 0 Å². The molecule has 3 rings (SSSR count). The van der Waals surface area contributed by atoms with Crippen LogP contribution in [-0.2, 0) is 32.3 Å². The van der Waals surface area contributed by atoms with Crippen LogP contribution in [0.15, 0.2) is 65.7 Å². The molecule has 2 aromatic carbocycles. The van der Waals surface area contributed by atoms with Gasteiger partial charge in [-0.1, -0.05) is 67.1 Å². The molecule has 1 saturated heterocycles. The highest BCUT2D eigenvalue weighted by molar-refractivity contribution is 6.01. The summed E-state index contributed by atoms with van der Waals surface area (Å²) in [6.45, 7) is 0.276. The molecule has 0 saturated carbocycles. The molecular weight excluding hydrogens is 468 g/mol. The standard InChI is InChI=1S/C25H28N4O7/c30-21-19(20(27-21)22(31)32)13-7-8-14-26-23(28-24(33)35-15-17-9-3-1-4-10-17)29-25(34)36-16-18-11-5-2-6-12-18/h1-6,9-12,19-20H,7-8,13-16H2,(H,27,30)(H,31,32)(H2,26,28,29,33,34). The topological polar surface area (TPSA) is 155 Å². The van der Waals surface area contributed by atoms with Gasteiger partial charge in [-0.05, 0) is 24.0 Å². The Morgan fingerprint density at radius 1 is 0.861 bits per heavy atom. The summed E-state index contributed by atoms with van der Waals surface area (Å²) in [5.74, 6) is -2.05. The molecule has 36 heavy (non-hydrogen) atoms. The fourth-order valence-electron chi connectivity index (χ4n) is 3.44. The number of benzene rings is 2. The fourth-order valence-corrected chi connectivity index (χ4v) is 3.44. The summed E-state index contributed by atoms with van der Waals surface area (Å²) >= 11 is 0. The molecule has 11 heteroatoms. The van der Waals surface area contributed by atoms with Crippen molar-refractivity contribution in [3.05, 3.63) is 71.8 Å². The number of aliphatic imine (C=N–C) groups is 1. The third-order valence-electron chi connectivity index (χ3n) is 5.36. The molecule has 2 unspecified atom stereocenters. The van der Waals surface area contributed by atoms with E-state index in [0.29, 0.717) is 19.3 Å². The molecule has 0 radical (unpaired) electrons. The number of nitrogens with one attached hydrogen (secondary N) is 3. The Morgan fingerprint density at radius 3 is 1.86 bits per heavy atom.